The highest BCUT2D eigenvalue weighted by Gasteiger charge is 2.34. The van der Waals surface area contributed by atoms with Crippen molar-refractivity contribution in [3.63, 3.8) is 0 Å². The number of carbonyl (C=O) groups excluding carboxylic acids is 2. The van der Waals surface area contributed by atoms with Gasteiger partial charge in [0.1, 0.15) is 6.10 Å². The van der Waals surface area contributed by atoms with Crippen molar-refractivity contribution in [3.05, 3.63) is 35.9 Å². The van der Waals surface area contributed by atoms with Crippen LogP contribution in [0.2, 0.25) is 0 Å². The lowest BCUT2D eigenvalue weighted by molar-refractivity contribution is -0.156. The molecular weight excluding hydrogens is 328 g/mol. The summed E-state index contributed by atoms with van der Waals surface area (Å²) in [6.07, 6.45) is 3.29. The summed E-state index contributed by atoms with van der Waals surface area (Å²) in [6, 6.07) is 9.06. The number of nitrogens with one attached hydrogen (secondary N) is 1. The molecule has 1 unspecified atom stereocenters. The van der Waals surface area contributed by atoms with Gasteiger partial charge in [-0.15, -0.1) is 0 Å². The Morgan fingerprint density at radius 1 is 1.23 bits per heavy atom. The van der Waals surface area contributed by atoms with Crippen molar-refractivity contribution >= 4 is 11.9 Å². The number of benzene rings is 1. The van der Waals surface area contributed by atoms with E-state index in [0.717, 1.165) is 18.4 Å². The van der Waals surface area contributed by atoms with E-state index in [1.807, 2.05) is 30.3 Å². The first-order valence-electron chi connectivity index (χ1n) is 9.64. The van der Waals surface area contributed by atoms with Crippen LogP contribution in [0.25, 0.3) is 0 Å². The van der Waals surface area contributed by atoms with Crippen LogP contribution in [0.4, 0.5) is 0 Å². The summed E-state index contributed by atoms with van der Waals surface area (Å²) in [5, 5.41) is 2.83. The van der Waals surface area contributed by atoms with Crippen LogP contribution in [0.3, 0.4) is 0 Å². The predicted molar refractivity (Wildman–Crippen MR) is 102 cm³/mol. The Labute approximate surface area is 156 Å². The quantitative estimate of drug-likeness (QED) is 0.732. The molecule has 5 nitrogen and oxygen atoms in total. The van der Waals surface area contributed by atoms with Gasteiger partial charge in [0.15, 0.2) is 0 Å². The summed E-state index contributed by atoms with van der Waals surface area (Å²) in [7, 11) is 0. The van der Waals surface area contributed by atoms with Crippen molar-refractivity contribution in [2.45, 2.75) is 58.6 Å². The second-order valence-corrected chi connectivity index (χ2v) is 7.79. The Morgan fingerprint density at radius 2 is 1.92 bits per heavy atom. The van der Waals surface area contributed by atoms with Crippen LogP contribution in [0.15, 0.2) is 30.3 Å². The van der Waals surface area contributed by atoms with Crippen LogP contribution in [-0.2, 0) is 14.3 Å². The predicted octanol–water partition coefficient (Wildman–Crippen LogP) is 3.20. The molecule has 0 bridgehead atoms. The molecule has 0 radical (unpaired) electrons. The van der Waals surface area contributed by atoms with Crippen LogP contribution in [0.1, 0.15) is 58.1 Å². The molecule has 2 rings (SSSR count). The number of rotatable bonds is 7. The average molecular weight is 360 g/mol. The maximum atomic E-state index is 12.6. The number of nitrogens with two attached hydrogens (primary N) is 1. The number of amides is 1. The normalized spacial score (nSPS) is 24.1. The molecule has 26 heavy (non-hydrogen) atoms. The second-order valence-electron chi connectivity index (χ2n) is 7.79. The van der Waals surface area contributed by atoms with Gasteiger partial charge in [0, 0.05) is 0 Å². The molecule has 1 amide bonds. The lowest BCUT2D eigenvalue weighted by atomic mass is 9.75. The number of hydrogen-bond donors (Lipinski definition) is 2. The van der Waals surface area contributed by atoms with Gasteiger partial charge in [-0.25, -0.2) is 0 Å². The first-order valence-corrected chi connectivity index (χ1v) is 9.64. The van der Waals surface area contributed by atoms with Gasteiger partial charge < -0.3 is 15.8 Å². The SMILES string of the molecule is CC(C)C1CC[C@@H](C)C[C@H]1OC(=O)C[C@@H](NC(=O)CN)c1ccccc1. The summed E-state index contributed by atoms with van der Waals surface area (Å²) >= 11 is 0. The molecule has 1 saturated carbocycles. The standard InChI is InChI=1S/C21H32N2O3/c1-14(2)17-10-9-15(3)11-19(17)26-21(25)12-18(23-20(24)13-22)16-7-5-4-6-8-16/h4-8,14-15,17-19H,9-13,22H2,1-3H3,(H,23,24)/t15-,17?,18-,19-/m1/s1. The number of carbonyl (C=O) groups is 2. The summed E-state index contributed by atoms with van der Waals surface area (Å²) in [5.74, 6) is 0.926. The van der Waals surface area contributed by atoms with E-state index < -0.39 is 6.04 Å². The minimum absolute atomic E-state index is 0.0344. The monoisotopic (exact) mass is 360 g/mol. The summed E-state index contributed by atoms with van der Waals surface area (Å²) in [4.78, 5) is 24.4. The largest absolute Gasteiger partial charge is 0.462 e. The Balaban J connectivity index is 2.04. The van der Waals surface area contributed by atoms with Gasteiger partial charge in [-0.2, -0.15) is 0 Å². The summed E-state index contributed by atoms with van der Waals surface area (Å²) < 4.78 is 5.88. The minimum Gasteiger partial charge on any atom is -0.462 e. The second kappa shape index (κ2) is 9.72. The lowest BCUT2D eigenvalue weighted by Crippen LogP contribution is -2.38. The topological polar surface area (TPSA) is 81.4 Å². The molecule has 0 aromatic heterocycles. The van der Waals surface area contributed by atoms with Crippen molar-refractivity contribution in [1.29, 1.82) is 0 Å². The van der Waals surface area contributed by atoms with Crippen LogP contribution in [0, 0.1) is 17.8 Å². The van der Waals surface area contributed by atoms with E-state index in [1.165, 1.54) is 6.42 Å². The van der Waals surface area contributed by atoms with E-state index in [2.05, 4.69) is 26.1 Å². The Kier molecular flexibility index (Phi) is 7.64. The molecule has 0 spiro atoms. The molecule has 1 aliphatic rings. The van der Waals surface area contributed by atoms with Gasteiger partial charge in [-0.1, -0.05) is 57.5 Å². The van der Waals surface area contributed by atoms with E-state index in [9.17, 15) is 9.59 Å². The molecule has 0 aliphatic heterocycles. The Morgan fingerprint density at radius 3 is 2.54 bits per heavy atom. The maximum Gasteiger partial charge on any atom is 0.308 e. The molecule has 5 heteroatoms. The van der Waals surface area contributed by atoms with E-state index in [1.54, 1.807) is 0 Å². The van der Waals surface area contributed by atoms with E-state index >= 15 is 0 Å². The van der Waals surface area contributed by atoms with Crippen LogP contribution in [-0.4, -0.2) is 24.5 Å². The number of ether oxygens (including phenoxy) is 1. The highest BCUT2D eigenvalue weighted by atomic mass is 16.5. The maximum absolute atomic E-state index is 12.6. The van der Waals surface area contributed by atoms with E-state index in [-0.39, 0.29) is 30.9 Å². The zero-order valence-electron chi connectivity index (χ0n) is 16.1. The number of hydrogen-bond acceptors (Lipinski definition) is 4. The molecule has 1 aromatic carbocycles. The average Bonchev–Trinajstić information content (AvgIpc) is 2.61. The fourth-order valence-electron chi connectivity index (χ4n) is 3.82. The first kappa shape index (κ1) is 20.4. The fourth-order valence-corrected chi connectivity index (χ4v) is 3.82. The summed E-state index contributed by atoms with van der Waals surface area (Å²) in [6.45, 7) is 6.49. The number of esters is 1. The van der Waals surface area contributed by atoms with Crippen molar-refractivity contribution in [2.24, 2.45) is 23.5 Å². The van der Waals surface area contributed by atoms with Crippen molar-refractivity contribution in [1.82, 2.24) is 5.32 Å². The lowest BCUT2D eigenvalue weighted by Gasteiger charge is -2.37. The minimum atomic E-state index is -0.418. The molecule has 1 aliphatic carbocycles. The van der Waals surface area contributed by atoms with Gasteiger partial charge in [0.2, 0.25) is 5.91 Å². The zero-order chi connectivity index (χ0) is 19.1. The van der Waals surface area contributed by atoms with Gasteiger partial charge in [-0.05, 0) is 36.2 Å². The molecule has 1 aromatic rings. The highest BCUT2D eigenvalue weighted by Crippen LogP contribution is 2.35. The molecule has 3 N–H and O–H groups in total. The highest BCUT2D eigenvalue weighted by molar-refractivity contribution is 5.79. The molecule has 0 heterocycles. The van der Waals surface area contributed by atoms with Gasteiger partial charge in [0.25, 0.3) is 0 Å². The van der Waals surface area contributed by atoms with Crippen LogP contribution >= 0.6 is 0 Å². The Hall–Kier alpha value is -1.88. The smallest absolute Gasteiger partial charge is 0.308 e. The molecule has 0 saturated heterocycles. The molecule has 144 valence electrons. The summed E-state index contributed by atoms with van der Waals surface area (Å²) in [5.41, 5.74) is 6.30. The Bertz CT molecular complexity index is 588. The van der Waals surface area contributed by atoms with Gasteiger partial charge in [0.05, 0.1) is 19.0 Å². The van der Waals surface area contributed by atoms with Crippen molar-refractivity contribution < 1.29 is 14.3 Å². The van der Waals surface area contributed by atoms with Crippen molar-refractivity contribution in [2.75, 3.05) is 6.54 Å². The van der Waals surface area contributed by atoms with E-state index in [0.29, 0.717) is 17.8 Å². The third kappa shape index (κ3) is 5.84. The first-order chi connectivity index (χ1) is 12.4. The van der Waals surface area contributed by atoms with Gasteiger partial charge >= 0.3 is 5.97 Å². The van der Waals surface area contributed by atoms with Crippen LogP contribution in [0.5, 0.6) is 0 Å². The third-order valence-corrected chi connectivity index (χ3v) is 5.34. The zero-order valence-corrected chi connectivity index (χ0v) is 16.1. The molecule has 4 atom stereocenters. The third-order valence-electron chi connectivity index (χ3n) is 5.34. The molecule has 1 fully saturated rings. The fraction of sp³-hybridized carbons (Fsp3) is 0.619. The van der Waals surface area contributed by atoms with Gasteiger partial charge in [-0.3, -0.25) is 9.59 Å². The molecular formula is C21H32N2O3. The van der Waals surface area contributed by atoms with Crippen molar-refractivity contribution in [3.8, 4) is 0 Å². The van der Waals surface area contributed by atoms with Crippen LogP contribution < -0.4 is 11.1 Å². The van der Waals surface area contributed by atoms with E-state index in [4.69, 9.17) is 10.5 Å².